The first-order chi connectivity index (χ1) is 18.7. The number of amides is 2. The molecule has 6 nitrogen and oxygen atoms in total. The Morgan fingerprint density at radius 2 is 1.72 bits per heavy atom. The van der Waals surface area contributed by atoms with Crippen LogP contribution in [0.15, 0.2) is 77.0 Å². The molecule has 2 N–H and O–H groups in total. The van der Waals surface area contributed by atoms with Crippen LogP contribution >= 0.6 is 46.3 Å². The van der Waals surface area contributed by atoms with Crippen LogP contribution in [-0.2, 0) is 9.53 Å². The fraction of sp³-hybridized carbons (Fsp3) is 0.138. The number of esters is 1. The van der Waals surface area contributed by atoms with E-state index < -0.39 is 11.2 Å². The van der Waals surface area contributed by atoms with Crippen LogP contribution in [0, 0.1) is 6.92 Å². The number of nitrogens with one attached hydrogen (secondary N) is 2. The molecular weight excluding hydrogens is 575 g/mol. The third-order valence-corrected chi connectivity index (χ3v) is 8.27. The Kier molecular flexibility index (Phi) is 9.35. The van der Waals surface area contributed by atoms with Gasteiger partial charge in [-0.1, -0.05) is 59.1 Å². The Hall–Kier alpha value is -3.30. The third-order valence-electron chi connectivity index (χ3n) is 5.73. The Bertz CT molecular complexity index is 1540. The van der Waals surface area contributed by atoms with Crippen molar-refractivity contribution in [2.45, 2.75) is 24.0 Å². The van der Waals surface area contributed by atoms with Gasteiger partial charge >= 0.3 is 5.97 Å². The first-order valence-corrected chi connectivity index (χ1v) is 14.3. The molecule has 0 aliphatic rings. The van der Waals surface area contributed by atoms with E-state index in [0.717, 1.165) is 16.0 Å². The van der Waals surface area contributed by atoms with Crippen molar-refractivity contribution in [3.63, 3.8) is 0 Å². The second-order valence-corrected chi connectivity index (χ2v) is 11.7. The van der Waals surface area contributed by atoms with Gasteiger partial charge in [-0.05, 0) is 55.8 Å². The Morgan fingerprint density at radius 1 is 0.974 bits per heavy atom. The van der Waals surface area contributed by atoms with E-state index in [0.29, 0.717) is 32.4 Å². The van der Waals surface area contributed by atoms with Crippen molar-refractivity contribution in [1.29, 1.82) is 0 Å². The first-order valence-electron chi connectivity index (χ1n) is 11.8. The zero-order valence-corrected chi connectivity index (χ0v) is 24.4. The van der Waals surface area contributed by atoms with E-state index in [2.05, 4.69) is 10.6 Å². The van der Waals surface area contributed by atoms with Crippen molar-refractivity contribution in [2.75, 3.05) is 17.7 Å². The fourth-order valence-electron chi connectivity index (χ4n) is 3.69. The van der Waals surface area contributed by atoms with Crippen molar-refractivity contribution >= 4 is 74.8 Å². The number of thioether (sulfide) groups is 1. The molecule has 1 aromatic heterocycles. The largest absolute Gasteiger partial charge is 0.465 e. The molecule has 0 aliphatic carbocycles. The average molecular weight is 600 g/mol. The summed E-state index contributed by atoms with van der Waals surface area (Å²) >= 11 is 14.7. The lowest BCUT2D eigenvalue weighted by molar-refractivity contribution is -0.115. The number of anilines is 2. The van der Waals surface area contributed by atoms with Crippen LogP contribution in [0.3, 0.4) is 0 Å². The lowest BCUT2D eigenvalue weighted by atomic mass is 10.0. The molecule has 1 unspecified atom stereocenters. The molecule has 2 amide bonds. The molecule has 0 bridgehead atoms. The number of hydrogen-bond donors (Lipinski definition) is 2. The van der Waals surface area contributed by atoms with Crippen molar-refractivity contribution in [2.24, 2.45) is 0 Å². The highest BCUT2D eigenvalue weighted by Crippen LogP contribution is 2.37. The van der Waals surface area contributed by atoms with Crippen molar-refractivity contribution in [3.8, 4) is 11.1 Å². The molecule has 4 aromatic rings. The SMILES string of the molecule is COC(=O)c1c(-c2ccc(C)cc2)csc1NC(=O)C(C)Sc1cccc(NC(=O)c2ccc(Cl)cc2Cl)c1. The van der Waals surface area contributed by atoms with Gasteiger partial charge < -0.3 is 15.4 Å². The van der Waals surface area contributed by atoms with Gasteiger partial charge in [0.2, 0.25) is 5.91 Å². The summed E-state index contributed by atoms with van der Waals surface area (Å²) in [6, 6.07) is 19.6. The zero-order valence-electron chi connectivity index (χ0n) is 21.2. The highest BCUT2D eigenvalue weighted by molar-refractivity contribution is 8.00. The summed E-state index contributed by atoms with van der Waals surface area (Å²) in [6.07, 6.45) is 0. The fourth-order valence-corrected chi connectivity index (χ4v) is 6.07. The van der Waals surface area contributed by atoms with Crippen LogP contribution in [0.4, 0.5) is 10.7 Å². The molecular formula is C29H24Cl2N2O4S2. The first kappa shape index (κ1) is 28.7. The van der Waals surface area contributed by atoms with Crippen molar-refractivity contribution in [3.05, 3.63) is 98.8 Å². The van der Waals surface area contributed by atoms with Gasteiger partial charge in [0, 0.05) is 26.5 Å². The van der Waals surface area contributed by atoms with E-state index in [1.54, 1.807) is 37.3 Å². The number of benzene rings is 3. The lowest BCUT2D eigenvalue weighted by Gasteiger charge is -2.14. The van der Waals surface area contributed by atoms with Gasteiger partial charge in [0.25, 0.3) is 5.91 Å². The van der Waals surface area contributed by atoms with E-state index in [1.165, 1.54) is 36.3 Å². The molecule has 4 rings (SSSR count). The van der Waals surface area contributed by atoms with Gasteiger partial charge in [-0.25, -0.2) is 4.79 Å². The molecule has 0 saturated heterocycles. The summed E-state index contributed by atoms with van der Waals surface area (Å²) in [4.78, 5) is 39.2. The highest BCUT2D eigenvalue weighted by atomic mass is 35.5. The van der Waals surface area contributed by atoms with E-state index in [9.17, 15) is 14.4 Å². The molecule has 3 aromatic carbocycles. The second-order valence-electron chi connectivity index (χ2n) is 8.57. The van der Waals surface area contributed by atoms with Gasteiger partial charge in [0.15, 0.2) is 0 Å². The maximum atomic E-state index is 13.1. The standard InChI is InChI=1S/C29H24Cl2N2O4S2/c1-16-7-9-18(10-8-16)23-15-38-28(25(23)29(36)37-3)33-26(34)17(2)39-21-6-4-5-20(14-21)32-27(35)22-12-11-19(30)13-24(22)31/h4-15,17H,1-3H3,(H,32,35)(H,33,34). The Balaban J connectivity index is 1.46. The third kappa shape index (κ3) is 7.02. The molecule has 0 radical (unpaired) electrons. The van der Waals surface area contributed by atoms with Crippen LogP contribution in [-0.4, -0.2) is 30.1 Å². The number of rotatable bonds is 8. The molecule has 39 heavy (non-hydrogen) atoms. The minimum absolute atomic E-state index is 0.251. The topological polar surface area (TPSA) is 84.5 Å². The van der Waals surface area contributed by atoms with E-state index >= 15 is 0 Å². The van der Waals surface area contributed by atoms with Crippen LogP contribution < -0.4 is 10.6 Å². The average Bonchev–Trinajstić information content (AvgIpc) is 3.32. The molecule has 1 heterocycles. The summed E-state index contributed by atoms with van der Waals surface area (Å²) < 4.78 is 5.01. The van der Waals surface area contributed by atoms with E-state index in [1.807, 2.05) is 42.6 Å². The monoisotopic (exact) mass is 598 g/mol. The van der Waals surface area contributed by atoms with Gasteiger partial charge in [-0.3, -0.25) is 9.59 Å². The van der Waals surface area contributed by atoms with E-state index in [4.69, 9.17) is 27.9 Å². The smallest absolute Gasteiger partial charge is 0.341 e. The zero-order chi connectivity index (χ0) is 28.1. The van der Waals surface area contributed by atoms with Crippen LogP contribution in [0.5, 0.6) is 0 Å². The van der Waals surface area contributed by atoms with Crippen LogP contribution in [0.1, 0.15) is 33.2 Å². The quantitative estimate of drug-likeness (QED) is 0.158. The molecule has 0 spiro atoms. The van der Waals surface area contributed by atoms with Crippen molar-refractivity contribution in [1.82, 2.24) is 0 Å². The molecule has 10 heteroatoms. The number of ether oxygens (including phenoxy) is 1. The predicted octanol–water partition coefficient (Wildman–Crippen LogP) is 8.19. The van der Waals surface area contributed by atoms with Crippen LogP contribution in [0.2, 0.25) is 10.0 Å². The molecule has 0 fully saturated rings. The minimum atomic E-state index is -0.522. The summed E-state index contributed by atoms with van der Waals surface area (Å²) in [5.74, 6) is -1.17. The summed E-state index contributed by atoms with van der Waals surface area (Å²) in [5.41, 5.74) is 3.84. The number of carbonyl (C=O) groups is 3. The summed E-state index contributed by atoms with van der Waals surface area (Å²) in [5, 5.41) is 8.16. The van der Waals surface area contributed by atoms with Crippen LogP contribution in [0.25, 0.3) is 11.1 Å². The van der Waals surface area contributed by atoms with Gasteiger partial charge in [-0.2, -0.15) is 0 Å². The molecule has 0 saturated carbocycles. The second kappa shape index (κ2) is 12.7. The minimum Gasteiger partial charge on any atom is -0.465 e. The number of hydrogen-bond acceptors (Lipinski definition) is 6. The van der Waals surface area contributed by atoms with Gasteiger partial charge in [0.1, 0.15) is 10.6 Å². The number of aryl methyl sites for hydroxylation is 1. The normalized spacial score (nSPS) is 11.5. The number of methoxy groups -OCH3 is 1. The lowest BCUT2D eigenvalue weighted by Crippen LogP contribution is -2.23. The molecule has 1 atom stereocenters. The molecule has 200 valence electrons. The maximum Gasteiger partial charge on any atom is 0.341 e. The van der Waals surface area contributed by atoms with Crippen molar-refractivity contribution < 1.29 is 19.1 Å². The maximum absolute atomic E-state index is 13.1. The van der Waals surface area contributed by atoms with Gasteiger partial charge in [0.05, 0.1) is 22.9 Å². The number of halogens is 2. The number of carbonyl (C=O) groups excluding carboxylic acids is 3. The Labute approximate surface area is 244 Å². The molecule has 0 aliphatic heterocycles. The highest BCUT2D eigenvalue weighted by Gasteiger charge is 2.24. The summed E-state index contributed by atoms with van der Waals surface area (Å²) in [6.45, 7) is 3.76. The Morgan fingerprint density at radius 3 is 2.41 bits per heavy atom. The number of thiophene rings is 1. The predicted molar refractivity (Wildman–Crippen MR) is 161 cm³/mol. The van der Waals surface area contributed by atoms with Gasteiger partial charge in [-0.15, -0.1) is 23.1 Å². The van der Waals surface area contributed by atoms with E-state index in [-0.39, 0.29) is 16.8 Å². The summed E-state index contributed by atoms with van der Waals surface area (Å²) in [7, 11) is 1.32.